The molecule has 1 aliphatic carbocycles. The van der Waals surface area contributed by atoms with Gasteiger partial charge in [0.15, 0.2) is 5.78 Å². The van der Waals surface area contributed by atoms with Gasteiger partial charge in [-0.3, -0.25) is 14.7 Å². The van der Waals surface area contributed by atoms with Crippen molar-refractivity contribution in [2.45, 2.75) is 57.9 Å². The maximum absolute atomic E-state index is 13.1. The van der Waals surface area contributed by atoms with Crippen LogP contribution < -0.4 is 66.7 Å². The smallest absolute Gasteiger partial charge is 0.850 e. The summed E-state index contributed by atoms with van der Waals surface area (Å²) in [5.41, 5.74) is -0.0696. The standard InChI is InChI=1S/C21H15F3N4O2.C4H9O.K/c22-21(23,24)17-10-14(8-9-26-17)28-15-2-1-3-16(29)18(15)19(27-20(28)30)13-6-4-12(11-25)5-7-13;1-4(2,3)5;/h4-10,19H,1-3H2,(H,27,30);1-3H3;/q;-1;+1. The van der Waals surface area contributed by atoms with E-state index in [1.807, 2.05) is 6.07 Å². The Morgan fingerprint density at radius 3 is 2.28 bits per heavy atom. The Balaban J connectivity index is 0.000000694. The summed E-state index contributed by atoms with van der Waals surface area (Å²) in [6.45, 7) is 4.90. The Kier molecular flexibility index (Phi) is 10.0. The summed E-state index contributed by atoms with van der Waals surface area (Å²) in [5, 5.41) is 21.8. The predicted octanol–water partition coefficient (Wildman–Crippen LogP) is 1.40. The molecule has 4 rings (SSSR count). The quantitative estimate of drug-likeness (QED) is 0.598. The van der Waals surface area contributed by atoms with E-state index in [0.717, 1.165) is 17.2 Å². The SMILES string of the molecule is CC(C)(C)[O-].N#Cc1ccc(C2NC(=O)N(c3ccnc(C(F)(F)F)c3)C3=C2C(=O)CCC3)cc1.[K+]. The number of carbonyl (C=O) groups is 2. The van der Waals surface area contributed by atoms with Gasteiger partial charge in [0.25, 0.3) is 0 Å². The summed E-state index contributed by atoms with van der Waals surface area (Å²) in [4.78, 5) is 30.2. The molecular formula is C25H24F3KN4O3. The van der Waals surface area contributed by atoms with Crippen molar-refractivity contribution in [1.82, 2.24) is 10.3 Å². The number of ketones is 1. The first-order valence-electron chi connectivity index (χ1n) is 10.9. The Morgan fingerprint density at radius 1 is 1.11 bits per heavy atom. The molecule has 1 atom stereocenters. The van der Waals surface area contributed by atoms with Gasteiger partial charge >= 0.3 is 63.6 Å². The van der Waals surface area contributed by atoms with Crippen LogP contribution in [0.15, 0.2) is 53.9 Å². The Labute approximate surface area is 249 Å². The first-order valence-corrected chi connectivity index (χ1v) is 10.9. The van der Waals surface area contributed by atoms with Gasteiger partial charge in [-0.05, 0) is 42.7 Å². The second kappa shape index (κ2) is 12.0. The van der Waals surface area contributed by atoms with Gasteiger partial charge in [-0.15, -0.1) is 5.60 Å². The van der Waals surface area contributed by atoms with Crippen molar-refractivity contribution in [3.8, 4) is 6.07 Å². The van der Waals surface area contributed by atoms with Crippen LogP contribution in [-0.4, -0.2) is 22.4 Å². The van der Waals surface area contributed by atoms with Crippen molar-refractivity contribution >= 4 is 17.5 Å². The van der Waals surface area contributed by atoms with E-state index in [1.54, 1.807) is 45.0 Å². The van der Waals surface area contributed by atoms with Crippen LogP contribution in [0, 0.1) is 11.3 Å². The monoisotopic (exact) mass is 524 g/mol. The molecular weight excluding hydrogens is 500 g/mol. The van der Waals surface area contributed by atoms with Gasteiger partial charge < -0.3 is 10.4 Å². The zero-order valence-electron chi connectivity index (χ0n) is 20.4. The van der Waals surface area contributed by atoms with Gasteiger partial charge in [0, 0.05) is 23.9 Å². The van der Waals surface area contributed by atoms with E-state index < -0.39 is 29.5 Å². The number of urea groups is 1. The van der Waals surface area contributed by atoms with E-state index in [9.17, 15) is 27.9 Å². The molecule has 0 radical (unpaired) electrons. The van der Waals surface area contributed by atoms with E-state index in [-0.39, 0.29) is 62.9 Å². The number of halogens is 3. The van der Waals surface area contributed by atoms with E-state index in [4.69, 9.17) is 5.26 Å². The minimum absolute atomic E-state index is 0. The molecule has 0 fully saturated rings. The van der Waals surface area contributed by atoms with Crippen LogP contribution in [0.3, 0.4) is 0 Å². The normalized spacial score (nSPS) is 17.7. The van der Waals surface area contributed by atoms with Gasteiger partial charge in [0.1, 0.15) is 5.69 Å². The van der Waals surface area contributed by atoms with Crippen LogP contribution in [0.5, 0.6) is 0 Å². The third kappa shape index (κ3) is 7.47. The van der Waals surface area contributed by atoms with Crippen molar-refractivity contribution in [2.75, 3.05) is 4.90 Å². The van der Waals surface area contributed by atoms with Crippen LogP contribution in [-0.2, 0) is 11.0 Å². The number of pyridine rings is 1. The zero-order valence-corrected chi connectivity index (χ0v) is 23.6. The van der Waals surface area contributed by atoms with Gasteiger partial charge in [-0.25, -0.2) is 4.79 Å². The molecule has 1 aromatic heterocycles. The Morgan fingerprint density at radius 2 is 1.72 bits per heavy atom. The number of allylic oxidation sites excluding steroid dienone is 1. The van der Waals surface area contributed by atoms with Crippen molar-refractivity contribution in [2.24, 2.45) is 0 Å². The van der Waals surface area contributed by atoms with Crippen LogP contribution >= 0.6 is 0 Å². The van der Waals surface area contributed by atoms with Gasteiger partial charge in [0.05, 0.1) is 23.4 Å². The maximum Gasteiger partial charge on any atom is 1.00 e. The van der Waals surface area contributed by atoms with Crippen molar-refractivity contribution < 1.29 is 79.3 Å². The van der Waals surface area contributed by atoms with Crippen molar-refractivity contribution in [1.29, 1.82) is 5.26 Å². The number of alkyl halides is 3. The minimum atomic E-state index is -4.66. The molecule has 1 aromatic carbocycles. The molecule has 0 bridgehead atoms. The largest absolute Gasteiger partial charge is 1.00 e. The molecule has 0 saturated heterocycles. The molecule has 2 heterocycles. The van der Waals surface area contributed by atoms with Gasteiger partial charge in [0.2, 0.25) is 0 Å². The third-order valence-electron chi connectivity index (χ3n) is 5.12. The van der Waals surface area contributed by atoms with Gasteiger partial charge in [-0.1, -0.05) is 32.9 Å². The van der Waals surface area contributed by atoms with Crippen molar-refractivity contribution in [3.63, 3.8) is 0 Å². The van der Waals surface area contributed by atoms with Crippen LogP contribution in [0.1, 0.15) is 62.9 Å². The van der Waals surface area contributed by atoms with Crippen LogP contribution in [0.25, 0.3) is 0 Å². The number of nitrogens with one attached hydrogen (secondary N) is 1. The number of anilines is 1. The van der Waals surface area contributed by atoms with E-state index in [0.29, 0.717) is 41.7 Å². The summed E-state index contributed by atoms with van der Waals surface area (Å²) in [6.07, 6.45) is -2.50. The second-order valence-corrected chi connectivity index (χ2v) is 9.10. The van der Waals surface area contributed by atoms with Crippen LogP contribution in [0.4, 0.5) is 23.7 Å². The molecule has 1 N–H and O–H groups in total. The molecule has 36 heavy (non-hydrogen) atoms. The number of nitriles is 1. The molecule has 2 aliphatic rings. The summed E-state index contributed by atoms with van der Waals surface area (Å²) in [6, 6.07) is 9.22. The molecule has 2 aromatic rings. The second-order valence-electron chi connectivity index (χ2n) is 9.10. The number of hydrogen-bond donors (Lipinski definition) is 1. The van der Waals surface area contributed by atoms with Crippen molar-refractivity contribution in [3.05, 3.63) is 70.7 Å². The molecule has 11 heteroatoms. The minimum Gasteiger partial charge on any atom is -0.850 e. The fourth-order valence-corrected chi connectivity index (χ4v) is 3.78. The fraction of sp³-hybridized carbons (Fsp3) is 0.360. The average Bonchev–Trinajstić information content (AvgIpc) is 2.77. The number of nitrogens with zero attached hydrogens (tertiary/aromatic N) is 3. The van der Waals surface area contributed by atoms with Gasteiger partial charge in [-0.2, -0.15) is 18.4 Å². The molecule has 1 aliphatic heterocycles. The number of amides is 2. The first kappa shape index (κ1) is 30.2. The third-order valence-corrected chi connectivity index (χ3v) is 5.12. The summed E-state index contributed by atoms with van der Waals surface area (Å²) in [5.74, 6) is -0.166. The molecule has 0 spiro atoms. The number of aromatic nitrogens is 1. The average molecular weight is 525 g/mol. The Hall–Kier alpha value is -2.07. The summed E-state index contributed by atoms with van der Waals surface area (Å²) in [7, 11) is 0. The number of rotatable bonds is 2. The Bertz CT molecular complexity index is 1190. The first-order chi connectivity index (χ1) is 16.3. The number of Topliss-reactive ketones (excluding diaryl/α,β-unsaturated/α-hetero) is 1. The summed E-state index contributed by atoms with van der Waals surface area (Å²) < 4.78 is 39.3. The number of hydrogen-bond acceptors (Lipinski definition) is 5. The maximum atomic E-state index is 13.1. The molecule has 2 amide bonds. The number of benzene rings is 1. The van der Waals surface area contributed by atoms with E-state index in [1.165, 1.54) is 6.07 Å². The molecule has 1 unspecified atom stereocenters. The predicted molar refractivity (Wildman–Crippen MR) is 120 cm³/mol. The van der Waals surface area contributed by atoms with E-state index in [2.05, 4.69) is 10.3 Å². The van der Waals surface area contributed by atoms with Crippen LogP contribution in [0.2, 0.25) is 0 Å². The molecule has 0 saturated carbocycles. The molecule has 7 nitrogen and oxygen atoms in total. The zero-order chi connectivity index (χ0) is 26.0. The fourth-order valence-electron chi connectivity index (χ4n) is 3.78. The topological polar surface area (TPSA) is 109 Å². The van der Waals surface area contributed by atoms with E-state index >= 15 is 0 Å². The molecule has 184 valence electrons. The number of carbonyl (C=O) groups excluding carboxylic acids is 2. The summed E-state index contributed by atoms with van der Waals surface area (Å²) >= 11 is 0.